The predicted molar refractivity (Wildman–Crippen MR) is 50.9 cm³/mol. The van der Waals surface area contributed by atoms with Crippen LogP contribution in [0.1, 0.15) is 10.4 Å². The highest BCUT2D eigenvalue weighted by Crippen LogP contribution is 2.15. The van der Waals surface area contributed by atoms with Crippen LogP contribution in [0, 0.1) is 0 Å². The number of esters is 1. The van der Waals surface area contributed by atoms with Gasteiger partial charge in [-0.3, -0.25) is 0 Å². The van der Waals surface area contributed by atoms with E-state index in [1.165, 1.54) is 7.11 Å². The van der Waals surface area contributed by atoms with E-state index in [1.807, 2.05) is 6.07 Å². The molecule has 0 spiro atoms. The number of nitrogens with zero attached hydrogens (tertiary/aromatic N) is 2. The van der Waals surface area contributed by atoms with E-state index in [2.05, 4.69) is 14.9 Å². The number of rotatable bonds is 1. The summed E-state index contributed by atoms with van der Waals surface area (Å²) in [5.74, 6) is -0.392. The second kappa shape index (κ2) is 3.41. The summed E-state index contributed by atoms with van der Waals surface area (Å²) >= 11 is 0. The minimum absolute atomic E-state index is 0.392. The van der Waals surface area contributed by atoms with Gasteiger partial charge in [0.1, 0.15) is 5.52 Å². The highest BCUT2D eigenvalue weighted by Gasteiger charge is 2.10. The van der Waals surface area contributed by atoms with Gasteiger partial charge in [0.25, 0.3) is 0 Å². The quantitative estimate of drug-likeness (QED) is 0.635. The molecule has 0 bridgehead atoms. The zero-order valence-electron chi connectivity index (χ0n) is 7.60. The van der Waals surface area contributed by atoms with Crippen LogP contribution in [0.4, 0.5) is 0 Å². The molecule has 0 amide bonds. The number of fused-ring (bicyclic) bond motifs is 1. The van der Waals surface area contributed by atoms with E-state index < -0.39 is 5.97 Å². The summed E-state index contributed by atoms with van der Waals surface area (Å²) < 4.78 is 4.64. The molecule has 14 heavy (non-hydrogen) atoms. The third-order valence-corrected chi connectivity index (χ3v) is 1.95. The van der Waals surface area contributed by atoms with E-state index in [-0.39, 0.29) is 0 Å². The number of carbonyl (C=O) groups excluding carboxylic acids is 1. The van der Waals surface area contributed by atoms with Crippen molar-refractivity contribution >= 4 is 16.9 Å². The standard InChI is InChI=1S/C10H8N2O2/c1-14-10(13)8-4-2-3-7-5-6-11-12-9(7)8/h2-6H,1H3. The zero-order valence-corrected chi connectivity index (χ0v) is 7.60. The van der Waals surface area contributed by atoms with Crippen molar-refractivity contribution in [1.82, 2.24) is 10.2 Å². The summed E-state index contributed by atoms with van der Waals surface area (Å²) in [5.41, 5.74) is 1.01. The predicted octanol–water partition coefficient (Wildman–Crippen LogP) is 1.42. The number of methoxy groups -OCH3 is 1. The monoisotopic (exact) mass is 188 g/mol. The summed E-state index contributed by atoms with van der Waals surface area (Å²) in [4.78, 5) is 11.3. The summed E-state index contributed by atoms with van der Waals surface area (Å²) in [7, 11) is 1.34. The van der Waals surface area contributed by atoms with Crippen molar-refractivity contribution in [1.29, 1.82) is 0 Å². The summed E-state index contributed by atoms with van der Waals surface area (Å²) in [6.07, 6.45) is 1.59. The van der Waals surface area contributed by atoms with Crippen LogP contribution >= 0.6 is 0 Å². The van der Waals surface area contributed by atoms with Crippen LogP contribution in [0.25, 0.3) is 10.9 Å². The van der Waals surface area contributed by atoms with Crippen LogP contribution in [-0.4, -0.2) is 23.3 Å². The Bertz CT molecular complexity index is 477. The molecule has 70 valence electrons. The topological polar surface area (TPSA) is 52.1 Å². The molecule has 0 atom stereocenters. The SMILES string of the molecule is COC(=O)c1cccc2ccnnc12. The van der Waals surface area contributed by atoms with E-state index in [0.717, 1.165) is 5.39 Å². The highest BCUT2D eigenvalue weighted by molar-refractivity contribution is 6.02. The number of carbonyl (C=O) groups is 1. The maximum absolute atomic E-state index is 11.3. The molecule has 1 aromatic carbocycles. The fourth-order valence-electron chi connectivity index (χ4n) is 1.29. The maximum Gasteiger partial charge on any atom is 0.340 e. The number of aromatic nitrogens is 2. The smallest absolute Gasteiger partial charge is 0.340 e. The third kappa shape index (κ3) is 1.31. The molecule has 0 N–H and O–H groups in total. The van der Waals surface area contributed by atoms with Gasteiger partial charge in [-0.05, 0) is 12.1 Å². The molecule has 0 aliphatic carbocycles. The van der Waals surface area contributed by atoms with Gasteiger partial charge in [-0.2, -0.15) is 5.10 Å². The molecule has 0 aliphatic heterocycles. The van der Waals surface area contributed by atoms with Gasteiger partial charge in [-0.25, -0.2) is 4.79 Å². The number of benzene rings is 1. The van der Waals surface area contributed by atoms with Crippen molar-refractivity contribution in [3.8, 4) is 0 Å². The van der Waals surface area contributed by atoms with Crippen LogP contribution in [0.2, 0.25) is 0 Å². The van der Waals surface area contributed by atoms with Crippen LogP contribution in [0.5, 0.6) is 0 Å². The lowest BCUT2D eigenvalue weighted by Gasteiger charge is -2.01. The van der Waals surface area contributed by atoms with Crippen molar-refractivity contribution < 1.29 is 9.53 Å². The maximum atomic E-state index is 11.3. The van der Waals surface area contributed by atoms with E-state index in [1.54, 1.807) is 24.4 Å². The minimum atomic E-state index is -0.392. The van der Waals surface area contributed by atoms with Crippen molar-refractivity contribution in [2.24, 2.45) is 0 Å². The van der Waals surface area contributed by atoms with Gasteiger partial charge in [-0.1, -0.05) is 12.1 Å². The molecule has 0 fully saturated rings. The average molecular weight is 188 g/mol. The highest BCUT2D eigenvalue weighted by atomic mass is 16.5. The molecular weight excluding hydrogens is 180 g/mol. The average Bonchev–Trinajstić information content (AvgIpc) is 2.27. The zero-order chi connectivity index (χ0) is 9.97. The Morgan fingerprint density at radius 2 is 2.21 bits per heavy atom. The van der Waals surface area contributed by atoms with Gasteiger partial charge >= 0.3 is 5.97 Å². The fraction of sp³-hybridized carbons (Fsp3) is 0.100. The van der Waals surface area contributed by atoms with Gasteiger partial charge in [0.15, 0.2) is 0 Å². The molecule has 0 unspecified atom stereocenters. The van der Waals surface area contributed by atoms with Crippen molar-refractivity contribution in [3.63, 3.8) is 0 Å². The van der Waals surface area contributed by atoms with Crippen LogP contribution in [0.15, 0.2) is 30.5 Å². The first kappa shape index (κ1) is 8.62. The molecular formula is C10H8N2O2. The molecule has 1 aromatic heterocycles. The van der Waals surface area contributed by atoms with Crippen molar-refractivity contribution in [3.05, 3.63) is 36.0 Å². The number of ether oxygens (including phenoxy) is 1. The fourth-order valence-corrected chi connectivity index (χ4v) is 1.29. The van der Waals surface area contributed by atoms with Gasteiger partial charge in [0, 0.05) is 5.39 Å². The van der Waals surface area contributed by atoms with Crippen LogP contribution in [0.3, 0.4) is 0 Å². The van der Waals surface area contributed by atoms with Gasteiger partial charge in [-0.15, -0.1) is 5.10 Å². The van der Waals surface area contributed by atoms with Gasteiger partial charge in [0.2, 0.25) is 0 Å². The molecule has 1 heterocycles. The lowest BCUT2D eigenvalue weighted by molar-refractivity contribution is 0.0602. The van der Waals surface area contributed by atoms with E-state index in [0.29, 0.717) is 11.1 Å². The van der Waals surface area contributed by atoms with Gasteiger partial charge < -0.3 is 4.74 Å². The summed E-state index contributed by atoms with van der Waals surface area (Å²) in [5, 5.41) is 8.51. The largest absolute Gasteiger partial charge is 0.465 e. The first-order chi connectivity index (χ1) is 6.83. The summed E-state index contributed by atoms with van der Waals surface area (Å²) in [6, 6.07) is 7.13. The summed E-state index contributed by atoms with van der Waals surface area (Å²) in [6.45, 7) is 0. The Morgan fingerprint density at radius 3 is 3.00 bits per heavy atom. The molecule has 0 aliphatic rings. The third-order valence-electron chi connectivity index (χ3n) is 1.95. The van der Waals surface area contributed by atoms with E-state index in [9.17, 15) is 4.79 Å². The van der Waals surface area contributed by atoms with E-state index in [4.69, 9.17) is 0 Å². The lowest BCUT2D eigenvalue weighted by atomic mass is 10.1. The second-order valence-corrected chi connectivity index (χ2v) is 2.77. The number of hydrogen-bond acceptors (Lipinski definition) is 4. The normalized spacial score (nSPS) is 10.1. The molecule has 4 heteroatoms. The first-order valence-corrected chi connectivity index (χ1v) is 4.11. The second-order valence-electron chi connectivity index (χ2n) is 2.77. The Hall–Kier alpha value is -1.97. The first-order valence-electron chi connectivity index (χ1n) is 4.11. The molecule has 2 rings (SSSR count). The molecule has 0 radical (unpaired) electrons. The van der Waals surface area contributed by atoms with E-state index >= 15 is 0 Å². The van der Waals surface area contributed by atoms with Crippen LogP contribution < -0.4 is 0 Å². The van der Waals surface area contributed by atoms with Crippen LogP contribution in [-0.2, 0) is 4.74 Å². The van der Waals surface area contributed by atoms with Gasteiger partial charge in [0.05, 0.1) is 18.9 Å². The Morgan fingerprint density at radius 1 is 1.36 bits per heavy atom. The lowest BCUT2D eigenvalue weighted by Crippen LogP contribution is -2.03. The Kier molecular flexibility index (Phi) is 2.10. The molecule has 0 saturated heterocycles. The van der Waals surface area contributed by atoms with Crippen molar-refractivity contribution in [2.75, 3.05) is 7.11 Å². The number of hydrogen-bond donors (Lipinski definition) is 0. The Balaban J connectivity index is 2.71. The molecule has 4 nitrogen and oxygen atoms in total. The molecule has 0 saturated carbocycles. The molecule has 2 aromatic rings. The Labute approximate surface area is 80.5 Å². The minimum Gasteiger partial charge on any atom is -0.465 e. The van der Waals surface area contributed by atoms with Crippen molar-refractivity contribution in [2.45, 2.75) is 0 Å².